The molecular weight excluding hydrogens is 562 g/mol. The number of furan rings is 1. The molecule has 1 aliphatic heterocycles. The van der Waals surface area contributed by atoms with E-state index in [2.05, 4.69) is 12.2 Å². The zero-order chi connectivity index (χ0) is 29.1. The van der Waals surface area contributed by atoms with Crippen molar-refractivity contribution in [3.63, 3.8) is 0 Å². The van der Waals surface area contributed by atoms with Crippen molar-refractivity contribution in [2.75, 3.05) is 26.7 Å². The quantitative estimate of drug-likeness (QED) is 0.232. The number of hydrogen-bond donors (Lipinski definition) is 3. The maximum Gasteiger partial charge on any atom is 0.257 e. The third-order valence-corrected chi connectivity index (χ3v) is 8.94. The molecule has 2 aromatic carbocycles. The van der Waals surface area contributed by atoms with Crippen LogP contribution in [0.25, 0.3) is 11.0 Å². The second kappa shape index (κ2) is 12.4. The van der Waals surface area contributed by atoms with E-state index in [1.807, 2.05) is 59.0 Å². The smallest absolute Gasteiger partial charge is 0.257 e. The number of aliphatic hydroxyl groups excluding tert-OH is 2. The molecule has 0 radical (unpaired) electrons. The number of fused-ring (bicyclic) bond motifs is 2. The van der Waals surface area contributed by atoms with Crippen molar-refractivity contribution in [2.24, 2.45) is 0 Å². The van der Waals surface area contributed by atoms with Crippen molar-refractivity contribution >= 4 is 40.2 Å². The minimum absolute atomic E-state index is 0.00332. The van der Waals surface area contributed by atoms with Crippen LogP contribution in [-0.2, 0) is 19.5 Å². The van der Waals surface area contributed by atoms with Gasteiger partial charge in [0.25, 0.3) is 5.91 Å². The van der Waals surface area contributed by atoms with Crippen LogP contribution in [0.2, 0.25) is 5.02 Å². The van der Waals surface area contributed by atoms with Gasteiger partial charge in [0.15, 0.2) is 5.43 Å². The zero-order valence-electron chi connectivity index (χ0n) is 23.1. The van der Waals surface area contributed by atoms with E-state index >= 15 is 0 Å². The number of benzene rings is 2. The lowest BCUT2D eigenvalue weighted by Crippen LogP contribution is -2.38. The van der Waals surface area contributed by atoms with Gasteiger partial charge in [-0.2, -0.15) is 0 Å². The first kappa shape index (κ1) is 29.4. The summed E-state index contributed by atoms with van der Waals surface area (Å²) < 4.78 is 7.41. The number of thioether (sulfide) groups is 1. The summed E-state index contributed by atoms with van der Waals surface area (Å²) in [5.41, 5.74) is 2.05. The van der Waals surface area contributed by atoms with Crippen molar-refractivity contribution < 1.29 is 19.4 Å². The number of carbonyl (C=O) groups excluding carboxylic acids is 1. The normalized spacial score (nSPS) is 17.2. The van der Waals surface area contributed by atoms with Crippen molar-refractivity contribution in [2.45, 2.75) is 48.7 Å². The molecule has 0 bridgehead atoms. The lowest BCUT2D eigenvalue weighted by atomic mass is 9.99. The van der Waals surface area contributed by atoms with Crippen molar-refractivity contribution in [1.82, 2.24) is 14.8 Å². The number of rotatable bonds is 11. The molecule has 2 atom stereocenters. The molecule has 2 unspecified atom stereocenters. The summed E-state index contributed by atoms with van der Waals surface area (Å²) in [5, 5.41) is 25.6. The van der Waals surface area contributed by atoms with Crippen LogP contribution in [0.5, 0.6) is 0 Å². The standard InChI is InChI=1S/C31H34ClN3O5S/c1-31(19-34(2)18-25(37)27-14-21-6-3-4-7-26(21)40-27)15-23-28(38)24(17-35(12-5-13-36)30(23)41-31)29(39)33-16-20-8-10-22(32)11-9-20/h3-4,6-11,14,17,25,36-37H,5,12-13,15-16,18-19H2,1-2H3,(H,33,39). The topological polar surface area (TPSA) is 108 Å². The maximum absolute atomic E-state index is 13.6. The van der Waals surface area contributed by atoms with Crippen LogP contribution in [-0.4, -0.2) is 57.1 Å². The van der Waals surface area contributed by atoms with E-state index in [1.165, 1.54) is 0 Å². The minimum Gasteiger partial charge on any atom is -0.458 e. The number of nitrogens with zero attached hydrogens (tertiary/aromatic N) is 2. The highest BCUT2D eigenvalue weighted by Gasteiger charge is 2.39. The van der Waals surface area contributed by atoms with Gasteiger partial charge in [0, 0.05) is 59.7 Å². The van der Waals surface area contributed by atoms with E-state index in [9.17, 15) is 19.8 Å². The number of para-hydroxylation sites is 1. The number of aliphatic hydroxyl groups is 2. The zero-order valence-corrected chi connectivity index (χ0v) is 24.7. The van der Waals surface area contributed by atoms with E-state index < -0.39 is 12.0 Å². The molecule has 1 amide bonds. The number of hydrogen-bond acceptors (Lipinski definition) is 7. The minimum atomic E-state index is -0.801. The summed E-state index contributed by atoms with van der Waals surface area (Å²) in [6.07, 6.45) is 1.79. The number of aromatic nitrogens is 1. The Balaban J connectivity index is 1.31. The van der Waals surface area contributed by atoms with E-state index in [0.29, 0.717) is 48.8 Å². The van der Waals surface area contributed by atoms with Crippen LogP contribution < -0.4 is 10.7 Å². The number of nitrogens with one attached hydrogen (secondary N) is 1. The van der Waals surface area contributed by atoms with Gasteiger partial charge in [-0.15, -0.1) is 0 Å². The van der Waals surface area contributed by atoms with E-state index in [-0.39, 0.29) is 28.9 Å². The lowest BCUT2D eigenvalue weighted by Gasteiger charge is -2.30. The number of likely N-dealkylation sites (N-methyl/N-ethyl adjacent to an activating group) is 1. The van der Waals surface area contributed by atoms with Gasteiger partial charge in [0.05, 0.1) is 5.03 Å². The molecule has 3 N–H and O–H groups in total. The Bertz CT molecular complexity index is 1570. The second-order valence-corrected chi connectivity index (χ2v) is 12.9. The number of amides is 1. The van der Waals surface area contributed by atoms with Crippen molar-refractivity contribution in [1.29, 1.82) is 0 Å². The molecule has 41 heavy (non-hydrogen) atoms. The summed E-state index contributed by atoms with van der Waals surface area (Å²) >= 11 is 7.56. The third-order valence-electron chi connectivity index (χ3n) is 7.25. The Labute approximate surface area is 247 Å². The molecule has 216 valence electrons. The summed E-state index contributed by atoms with van der Waals surface area (Å²) in [7, 11) is 1.94. The highest BCUT2D eigenvalue weighted by atomic mass is 35.5. The summed E-state index contributed by atoms with van der Waals surface area (Å²) in [6, 6.07) is 16.7. The van der Waals surface area contributed by atoms with Gasteiger partial charge < -0.3 is 29.4 Å². The van der Waals surface area contributed by atoms with Crippen LogP contribution in [0.3, 0.4) is 0 Å². The number of halogens is 1. The van der Waals surface area contributed by atoms with Gasteiger partial charge in [0.2, 0.25) is 0 Å². The van der Waals surface area contributed by atoms with Crippen LogP contribution in [0.15, 0.2) is 75.0 Å². The number of carbonyl (C=O) groups is 1. The predicted molar refractivity (Wildman–Crippen MR) is 162 cm³/mol. The molecule has 4 aromatic rings. The van der Waals surface area contributed by atoms with Gasteiger partial charge in [-0.05, 0) is 56.6 Å². The Morgan fingerprint density at radius 1 is 1.24 bits per heavy atom. The molecule has 0 fully saturated rings. The molecule has 8 nitrogen and oxygen atoms in total. The highest BCUT2D eigenvalue weighted by Crippen LogP contribution is 2.44. The molecule has 0 saturated carbocycles. The monoisotopic (exact) mass is 595 g/mol. The van der Waals surface area contributed by atoms with Gasteiger partial charge in [-0.1, -0.05) is 53.7 Å². The second-order valence-electron chi connectivity index (χ2n) is 10.9. The molecule has 1 aliphatic rings. The Morgan fingerprint density at radius 3 is 2.73 bits per heavy atom. The predicted octanol–water partition coefficient (Wildman–Crippen LogP) is 4.63. The molecule has 0 spiro atoms. The maximum atomic E-state index is 13.6. The van der Waals surface area contributed by atoms with E-state index in [1.54, 1.807) is 30.1 Å². The average Bonchev–Trinajstić information content (AvgIpc) is 3.54. The van der Waals surface area contributed by atoms with E-state index in [4.69, 9.17) is 16.0 Å². The van der Waals surface area contributed by atoms with Gasteiger partial charge in [-0.3, -0.25) is 9.59 Å². The molecule has 5 rings (SSSR count). The summed E-state index contributed by atoms with van der Waals surface area (Å²) in [5.74, 6) is 0.0821. The molecule has 3 heterocycles. The first-order valence-electron chi connectivity index (χ1n) is 13.6. The lowest BCUT2D eigenvalue weighted by molar-refractivity contribution is 0.0948. The van der Waals surface area contributed by atoms with Crippen molar-refractivity contribution in [3.05, 3.63) is 98.5 Å². The largest absolute Gasteiger partial charge is 0.458 e. The Hall–Kier alpha value is -3.08. The SMILES string of the molecule is CN(CC(O)c1cc2ccccc2o1)CC1(C)Cc2c(n(CCCO)cc(C(=O)NCc3ccc(Cl)cc3)c2=O)S1. The third kappa shape index (κ3) is 6.71. The molecule has 2 aromatic heterocycles. The number of aryl methyl sites for hydroxylation is 1. The molecular formula is C31H34ClN3O5S. The van der Waals surface area contributed by atoms with E-state index in [0.717, 1.165) is 21.6 Å². The summed E-state index contributed by atoms with van der Waals surface area (Å²) in [6.45, 7) is 3.82. The van der Waals surface area contributed by atoms with Gasteiger partial charge in [-0.25, -0.2) is 0 Å². The first-order chi connectivity index (χ1) is 19.7. The highest BCUT2D eigenvalue weighted by molar-refractivity contribution is 8.01. The van der Waals surface area contributed by atoms with Crippen LogP contribution >= 0.6 is 23.4 Å². The Morgan fingerprint density at radius 2 is 2.00 bits per heavy atom. The van der Waals surface area contributed by atoms with Crippen LogP contribution in [0.4, 0.5) is 0 Å². The molecule has 0 saturated heterocycles. The Kier molecular flexibility index (Phi) is 8.91. The molecule has 10 heteroatoms. The van der Waals surface area contributed by atoms with Gasteiger partial charge >= 0.3 is 0 Å². The van der Waals surface area contributed by atoms with Crippen LogP contribution in [0, 0.1) is 0 Å². The fourth-order valence-corrected chi connectivity index (χ4v) is 6.99. The number of pyridine rings is 1. The fraction of sp³-hybridized carbons (Fsp3) is 0.355. The van der Waals surface area contributed by atoms with Gasteiger partial charge in [0.1, 0.15) is 23.0 Å². The summed E-state index contributed by atoms with van der Waals surface area (Å²) in [4.78, 5) is 28.8. The first-order valence-corrected chi connectivity index (χ1v) is 14.8. The van der Waals surface area contributed by atoms with Crippen LogP contribution in [0.1, 0.15) is 46.7 Å². The average molecular weight is 596 g/mol. The molecule has 0 aliphatic carbocycles. The van der Waals surface area contributed by atoms with Crippen molar-refractivity contribution in [3.8, 4) is 0 Å². The fourth-order valence-electron chi connectivity index (χ4n) is 5.35.